The highest BCUT2D eigenvalue weighted by Gasteiger charge is 2.29. The SMILES string of the molecule is COC(=O)c1c(NC(=O)C(C)Sc2cccc(NC(=S)Nc3ccc(C)cc3)c2)sc2c1CCC(C)C2. The standard InChI is InChI=1S/C28H31N3O3S3/c1-16-8-11-19(12-9-16)29-28(35)30-20-6-5-7-21(15-20)36-18(3)25(32)31-26-24(27(33)34-4)22-13-10-17(2)14-23(22)37-26/h5-9,11-12,15,17-18H,10,13-14H2,1-4H3,(H,31,32)(H2,29,30,35). The zero-order valence-electron chi connectivity index (χ0n) is 21.3. The maximum Gasteiger partial charge on any atom is 0.341 e. The molecule has 0 aliphatic heterocycles. The molecular weight excluding hydrogens is 523 g/mol. The first-order valence-corrected chi connectivity index (χ1v) is 14.3. The molecule has 0 spiro atoms. The summed E-state index contributed by atoms with van der Waals surface area (Å²) in [5, 5.41) is 10.1. The molecule has 37 heavy (non-hydrogen) atoms. The summed E-state index contributed by atoms with van der Waals surface area (Å²) in [6.45, 7) is 6.11. The van der Waals surface area contributed by atoms with E-state index in [0.717, 1.165) is 41.1 Å². The quantitative estimate of drug-likeness (QED) is 0.167. The number of anilines is 3. The molecule has 0 radical (unpaired) electrons. The van der Waals surface area contributed by atoms with Crippen molar-refractivity contribution >= 4 is 68.7 Å². The third-order valence-corrected chi connectivity index (χ3v) is 8.69. The predicted octanol–water partition coefficient (Wildman–Crippen LogP) is 6.90. The lowest BCUT2D eigenvalue weighted by Gasteiger charge is -2.18. The average Bonchev–Trinajstić information content (AvgIpc) is 3.21. The van der Waals surface area contributed by atoms with Gasteiger partial charge in [-0.1, -0.05) is 30.7 Å². The summed E-state index contributed by atoms with van der Waals surface area (Å²) in [5.74, 6) is 0.0175. The van der Waals surface area contributed by atoms with Crippen LogP contribution >= 0.6 is 35.3 Å². The molecule has 2 aromatic carbocycles. The summed E-state index contributed by atoms with van der Waals surface area (Å²) in [7, 11) is 1.38. The van der Waals surface area contributed by atoms with Gasteiger partial charge in [-0.2, -0.15) is 0 Å². The molecule has 0 saturated heterocycles. The Morgan fingerprint density at radius 1 is 1.11 bits per heavy atom. The highest BCUT2D eigenvalue weighted by atomic mass is 32.2. The fourth-order valence-electron chi connectivity index (χ4n) is 4.21. The molecule has 1 aliphatic carbocycles. The molecule has 6 nitrogen and oxygen atoms in total. The highest BCUT2D eigenvalue weighted by Crippen LogP contribution is 2.40. The summed E-state index contributed by atoms with van der Waals surface area (Å²) in [5.41, 5.74) is 4.47. The lowest BCUT2D eigenvalue weighted by molar-refractivity contribution is -0.115. The molecule has 1 amide bonds. The van der Waals surface area contributed by atoms with E-state index in [-0.39, 0.29) is 11.2 Å². The Morgan fingerprint density at radius 2 is 1.84 bits per heavy atom. The van der Waals surface area contributed by atoms with E-state index >= 15 is 0 Å². The minimum absolute atomic E-state index is 0.156. The van der Waals surface area contributed by atoms with Crippen molar-refractivity contribution in [1.29, 1.82) is 0 Å². The molecule has 9 heteroatoms. The normalized spacial score (nSPS) is 15.3. The summed E-state index contributed by atoms with van der Waals surface area (Å²) in [6.07, 6.45) is 2.78. The first kappa shape index (κ1) is 27.2. The average molecular weight is 554 g/mol. The summed E-state index contributed by atoms with van der Waals surface area (Å²) in [6, 6.07) is 15.8. The van der Waals surface area contributed by atoms with Gasteiger partial charge in [0.25, 0.3) is 0 Å². The zero-order chi connectivity index (χ0) is 26.5. The Labute approximate surface area is 231 Å². The van der Waals surface area contributed by atoms with E-state index in [2.05, 4.69) is 22.9 Å². The van der Waals surface area contributed by atoms with Gasteiger partial charge in [-0.05, 0) is 87.1 Å². The van der Waals surface area contributed by atoms with E-state index in [1.165, 1.54) is 40.6 Å². The predicted molar refractivity (Wildman–Crippen MR) is 158 cm³/mol. The molecule has 4 rings (SSSR count). The first-order chi connectivity index (χ1) is 17.7. The van der Waals surface area contributed by atoms with Crippen molar-refractivity contribution in [3.8, 4) is 0 Å². The van der Waals surface area contributed by atoms with Crippen LogP contribution in [0.5, 0.6) is 0 Å². The number of thiophene rings is 1. The number of thiocarbonyl (C=S) groups is 1. The van der Waals surface area contributed by atoms with Crippen LogP contribution in [0.1, 0.15) is 46.6 Å². The number of fused-ring (bicyclic) bond motifs is 1. The van der Waals surface area contributed by atoms with Gasteiger partial charge in [0.1, 0.15) is 5.00 Å². The number of methoxy groups -OCH3 is 1. The zero-order valence-corrected chi connectivity index (χ0v) is 23.8. The van der Waals surface area contributed by atoms with Crippen molar-refractivity contribution in [1.82, 2.24) is 0 Å². The van der Waals surface area contributed by atoms with E-state index < -0.39 is 5.97 Å². The number of amides is 1. The van der Waals surface area contributed by atoms with Gasteiger partial charge in [-0.25, -0.2) is 4.79 Å². The van der Waals surface area contributed by atoms with Crippen molar-refractivity contribution in [2.45, 2.75) is 50.2 Å². The smallest absolute Gasteiger partial charge is 0.341 e. The molecule has 1 aliphatic rings. The second-order valence-electron chi connectivity index (χ2n) is 9.27. The second kappa shape index (κ2) is 12.1. The molecule has 0 fully saturated rings. The van der Waals surface area contributed by atoms with Gasteiger partial charge in [0.2, 0.25) is 5.91 Å². The van der Waals surface area contributed by atoms with Gasteiger partial charge in [-0.15, -0.1) is 23.1 Å². The lowest BCUT2D eigenvalue weighted by atomic mass is 9.88. The summed E-state index contributed by atoms with van der Waals surface area (Å²) < 4.78 is 5.04. The molecule has 0 saturated carbocycles. The van der Waals surface area contributed by atoms with Crippen LogP contribution in [0.15, 0.2) is 53.4 Å². The number of esters is 1. The van der Waals surface area contributed by atoms with E-state index in [9.17, 15) is 9.59 Å². The first-order valence-electron chi connectivity index (χ1n) is 12.2. The van der Waals surface area contributed by atoms with Crippen molar-refractivity contribution in [3.63, 3.8) is 0 Å². The van der Waals surface area contributed by atoms with Gasteiger partial charge in [0.15, 0.2) is 5.11 Å². The molecule has 3 aromatic rings. The van der Waals surface area contributed by atoms with Gasteiger partial charge in [0.05, 0.1) is 17.9 Å². The summed E-state index contributed by atoms with van der Waals surface area (Å²) in [4.78, 5) is 27.8. The van der Waals surface area contributed by atoms with Crippen molar-refractivity contribution in [3.05, 3.63) is 70.1 Å². The second-order valence-corrected chi connectivity index (χ2v) is 12.2. The van der Waals surface area contributed by atoms with Gasteiger partial charge in [0, 0.05) is 21.1 Å². The number of nitrogens with one attached hydrogen (secondary N) is 3. The van der Waals surface area contributed by atoms with Crippen LogP contribution in [0.4, 0.5) is 16.4 Å². The molecule has 0 bridgehead atoms. The van der Waals surface area contributed by atoms with Crippen LogP contribution in [-0.4, -0.2) is 29.3 Å². The Kier molecular flexibility index (Phi) is 8.89. The Hall–Kier alpha value is -2.88. The number of rotatable bonds is 7. The van der Waals surface area contributed by atoms with Crippen LogP contribution in [-0.2, 0) is 22.4 Å². The summed E-state index contributed by atoms with van der Waals surface area (Å²) >= 11 is 8.40. The van der Waals surface area contributed by atoms with Crippen LogP contribution in [0.25, 0.3) is 0 Å². The highest BCUT2D eigenvalue weighted by molar-refractivity contribution is 8.00. The maximum atomic E-state index is 13.1. The third-order valence-electron chi connectivity index (χ3n) is 6.22. The van der Waals surface area contributed by atoms with Crippen LogP contribution in [0.3, 0.4) is 0 Å². The van der Waals surface area contributed by atoms with Crippen LogP contribution < -0.4 is 16.0 Å². The number of carbonyl (C=O) groups is 2. The number of benzene rings is 2. The van der Waals surface area contributed by atoms with Crippen LogP contribution in [0, 0.1) is 12.8 Å². The monoisotopic (exact) mass is 553 g/mol. The van der Waals surface area contributed by atoms with Gasteiger partial charge < -0.3 is 20.7 Å². The molecule has 3 N–H and O–H groups in total. The Morgan fingerprint density at radius 3 is 2.57 bits per heavy atom. The number of aryl methyl sites for hydroxylation is 1. The largest absolute Gasteiger partial charge is 0.465 e. The van der Waals surface area contributed by atoms with E-state index in [0.29, 0.717) is 21.6 Å². The van der Waals surface area contributed by atoms with E-state index in [4.69, 9.17) is 17.0 Å². The van der Waals surface area contributed by atoms with Crippen molar-refractivity contribution in [2.24, 2.45) is 5.92 Å². The molecule has 2 unspecified atom stereocenters. The molecule has 194 valence electrons. The Balaban J connectivity index is 1.40. The van der Waals surface area contributed by atoms with E-state index in [1.807, 2.05) is 62.4 Å². The lowest BCUT2D eigenvalue weighted by Crippen LogP contribution is -2.23. The van der Waals surface area contributed by atoms with Crippen molar-refractivity contribution < 1.29 is 14.3 Å². The fraction of sp³-hybridized carbons (Fsp3) is 0.321. The fourth-order valence-corrected chi connectivity index (χ4v) is 6.77. The van der Waals surface area contributed by atoms with Gasteiger partial charge >= 0.3 is 5.97 Å². The molecule has 1 heterocycles. The van der Waals surface area contributed by atoms with Crippen molar-refractivity contribution in [2.75, 3.05) is 23.1 Å². The number of carbonyl (C=O) groups excluding carboxylic acids is 2. The van der Waals surface area contributed by atoms with Gasteiger partial charge in [-0.3, -0.25) is 4.79 Å². The molecule has 1 aromatic heterocycles. The number of hydrogen-bond acceptors (Lipinski definition) is 6. The maximum absolute atomic E-state index is 13.1. The topological polar surface area (TPSA) is 79.5 Å². The minimum Gasteiger partial charge on any atom is -0.465 e. The third kappa shape index (κ3) is 6.91. The number of thioether (sulfide) groups is 1. The number of hydrogen-bond donors (Lipinski definition) is 3. The Bertz CT molecular complexity index is 1300. The van der Waals surface area contributed by atoms with Crippen LogP contribution in [0.2, 0.25) is 0 Å². The minimum atomic E-state index is -0.392. The molecule has 2 atom stereocenters. The number of ether oxygens (including phenoxy) is 1. The van der Waals surface area contributed by atoms with E-state index in [1.54, 1.807) is 0 Å². The molecular formula is C28H31N3O3S3.